The Hall–Kier alpha value is -1.89. The van der Waals surface area contributed by atoms with Crippen molar-refractivity contribution in [1.82, 2.24) is 19.6 Å². The van der Waals surface area contributed by atoms with E-state index in [1.807, 2.05) is 45.1 Å². The molecule has 3 aromatic rings. The Morgan fingerprint density at radius 2 is 2.12 bits per heavy atom. The van der Waals surface area contributed by atoms with Crippen LogP contribution in [-0.2, 0) is 6.54 Å². The fourth-order valence-electron chi connectivity index (χ4n) is 3.43. The summed E-state index contributed by atoms with van der Waals surface area (Å²) in [6.07, 6.45) is 4.13. The number of hydrogen-bond acceptors (Lipinski definition) is 4. The average molecular weight is 389 g/mol. The number of halogens is 1. The third-order valence-electron chi connectivity index (χ3n) is 4.90. The van der Waals surface area contributed by atoms with Crippen LogP contribution in [0.2, 0.25) is 5.02 Å². The standard InChI is InChI=1S/C19H21ClN4OS/c1-13(14-6-2-3-7-15(14)20)21-12-16-17(18(25)23-8-4-5-9-23)22-19-24(16)10-11-26-19/h2-3,6-7,10-11,13,21H,4-5,8-9,12H2,1H3. The summed E-state index contributed by atoms with van der Waals surface area (Å²) in [5.74, 6) is 0.0422. The number of carbonyl (C=O) groups is 1. The summed E-state index contributed by atoms with van der Waals surface area (Å²) in [6.45, 7) is 4.29. The summed E-state index contributed by atoms with van der Waals surface area (Å²) in [5.41, 5.74) is 2.53. The van der Waals surface area contributed by atoms with Gasteiger partial charge in [0.2, 0.25) is 0 Å². The maximum Gasteiger partial charge on any atom is 0.274 e. The molecular formula is C19H21ClN4OS. The first-order valence-electron chi connectivity index (χ1n) is 8.86. The van der Waals surface area contributed by atoms with Gasteiger partial charge in [0.15, 0.2) is 10.7 Å². The van der Waals surface area contributed by atoms with Crippen molar-refractivity contribution >= 4 is 33.8 Å². The summed E-state index contributed by atoms with van der Waals surface area (Å²) >= 11 is 7.86. The number of amides is 1. The van der Waals surface area contributed by atoms with Crippen LogP contribution in [0, 0.1) is 0 Å². The van der Waals surface area contributed by atoms with Crippen LogP contribution in [0.15, 0.2) is 35.8 Å². The van der Waals surface area contributed by atoms with Gasteiger partial charge in [-0.1, -0.05) is 29.8 Å². The van der Waals surface area contributed by atoms with E-state index in [2.05, 4.69) is 17.2 Å². The summed E-state index contributed by atoms with van der Waals surface area (Å²) in [7, 11) is 0. The number of nitrogens with one attached hydrogen (secondary N) is 1. The van der Waals surface area contributed by atoms with Gasteiger partial charge >= 0.3 is 0 Å². The minimum Gasteiger partial charge on any atom is -0.337 e. The van der Waals surface area contributed by atoms with Crippen molar-refractivity contribution in [2.75, 3.05) is 13.1 Å². The highest BCUT2D eigenvalue weighted by atomic mass is 35.5. The molecule has 5 nitrogen and oxygen atoms in total. The number of imidazole rings is 1. The summed E-state index contributed by atoms with van der Waals surface area (Å²) in [4.78, 5) is 20.3. The zero-order chi connectivity index (χ0) is 18.1. The second kappa shape index (κ2) is 7.39. The Morgan fingerprint density at radius 1 is 1.35 bits per heavy atom. The lowest BCUT2D eigenvalue weighted by atomic mass is 10.1. The summed E-state index contributed by atoms with van der Waals surface area (Å²) in [5, 5.41) is 6.24. The number of carbonyl (C=O) groups excluding carboxylic acids is 1. The van der Waals surface area contributed by atoms with Crippen LogP contribution in [-0.4, -0.2) is 33.3 Å². The molecule has 1 unspecified atom stereocenters. The van der Waals surface area contributed by atoms with Crippen LogP contribution in [0.25, 0.3) is 4.96 Å². The van der Waals surface area contributed by atoms with Gasteiger partial charge in [-0.3, -0.25) is 9.20 Å². The zero-order valence-corrected chi connectivity index (χ0v) is 16.2. The predicted molar refractivity (Wildman–Crippen MR) is 105 cm³/mol. The molecule has 2 aromatic heterocycles. The van der Waals surface area contributed by atoms with Crippen molar-refractivity contribution < 1.29 is 4.79 Å². The van der Waals surface area contributed by atoms with Gasteiger partial charge in [-0.15, -0.1) is 11.3 Å². The van der Waals surface area contributed by atoms with Crippen LogP contribution in [0.5, 0.6) is 0 Å². The third-order valence-corrected chi connectivity index (χ3v) is 6.01. The molecule has 1 saturated heterocycles. The molecule has 1 amide bonds. The van der Waals surface area contributed by atoms with E-state index in [4.69, 9.17) is 11.6 Å². The zero-order valence-electron chi connectivity index (χ0n) is 14.6. The number of hydrogen-bond donors (Lipinski definition) is 1. The molecule has 26 heavy (non-hydrogen) atoms. The van der Waals surface area contributed by atoms with Crippen molar-refractivity contribution in [1.29, 1.82) is 0 Å². The third kappa shape index (κ3) is 3.24. The van der Waals surface area contributed by atoms with Crippen LogP contribution in [0.1, 0.15) is 47.6 Å². The second-order valence-electron chi connectivity index (χ2n) is 6.59. The minimum absolute atomic E-state index is 0.0422. The molecule has 0 bridgehead atoms. The highest BCUT2D eigenvalue weighted by Crippen LogP contribution is 2.24. The van der Waals surface area contributed by atoms with E-state index in [-0.39, 0.29) is 11.9 Å². The Balaban J connectivity index is 1.59. The van der Waals surface area contributed by atoms with E-state index in [9.17, 15) is 4.79 Å². The first kappa shape index (κ1) is 17.5. The Kier molecular flexibility index (Phi) is 4.98. The Labute approximate surface area is 161 Å². The molecular weight excluding hydrogens is 368 g/mol. The van der Waals surface area contributed by atoms with Crippen molar-refractivity contribution in [3.8, 4) is 0 Å². The number of benzene rings is 1. The largest absolute Gasteiger partial charge is 0.337 e. The molecule has 1 aromatic carbocycles. The van der Waals surface area contributed by atoms with Crippen LogP contribution < -0.4 is 5.32 Å². The number of fused-ring (bicyclic) bond motifs is 1. The van der Waals surface area contributed by atoms with Gasteiger partial charge in [-0.05, 0) is 31.4 Å². The molecule has 4 rings (SSSR count). The topological polar surface area (TPSA) is 49.6 Å². The minimum atomic E-state index is 0.0422. The second-order valence-corrected chi connectivity index (χ2v) is 7.87. The van der Waals surface area contributed by atoms with E-state index in [1.165, 1.54) is 0 Å². The first-order chi connectivity index (χ1) is 12.6. The van der Waals surface area contributed by atoms with Crippen LogP contribution >= 0.6 is 22.9 Å². The van der Waals surface area contributed by atoms with Crippen molar-refractivity contribution in [3.63, 3.8) is 0 Å². The molecule has 1 fully saturated rings. The highest BCUT2D eigenvalue weighted by molar-refractivity contribution is 7.15. The molecule has 1 aliphatic rings. The smallest absolute Gasteiger partial charge is 0.274 e. The van der Waals surface area contributed by atoms with Crippen molar-refractivity contribution in [2.24, 2.45) is 0 Å². The highest BCUT2D eigenvalue weighted by Gasteiger charge is 2.26. The number of rotatable bonds is 5. The van der Waals surface area contributed by atoms with Crippen molar-refractivity contribution in [3.05, 3.63) is 57.8 Å². The molecule has 0 spiro atoms. The number of aromatic nitrogens is 2. The molecule has 0 saturated carbocycles. The molecule has 0 aliphatic carbocycles. The number of likely N-dealkylation sites (tertiary alicyclic amines) is 1. The fourth-order valence-corrected chi connectivity index (χ4v) is 4.46. The number of nitrogens with zero attached hydrogens (tertiary/aromatic N) is 3. The lowest BCUT2D eigenvalue weighted by Gasteiger charge is -2.17. The lowest BCUT2D eigenvalue weighted by Crippen LogP contribution is -2.30. The van der Waals surface area contributed by atoms with Gasteiger partial charge in [0.05, 0.1) is 5.69 Å². The van der Waals surface area contributed by atoms with E-state index in [0.29, 0.717) is 12.2 Å². The van der Waals surface area contributed by atoms with Gasteiger partial charge in [-0.25, -0.2) is 4.98 Å². The average Bonchev–Trinajstić information content (AvgIpc) is 3.37. The molecule has 1 N–H and O–H groups in total. The Morgan fingerprint density at radius 3 is 2.88 bits per heavy atom. The molecule has 3 heterocycles. The molecule has 0 radical (unpaired) electrons. The van der Waals surface area contributed by atoms with Crippen molar-refractivity contribution in [2.45, 2.75) is 32.4 Å². The number of thiazole rings is 1. The summed E-state index contributed by atoms with van der Waals surface area (Å²) in [6, 6.07) is 7.90. The van der Waals surface area contributed by atoms with Gasteiger partial charge in [-0.2, -0.15) is 0 Å². The van der Waals surface area contributed by atoms with Crippen LogP contribution in [0.3, 0.4) is 0 Å². The monoisotopic (exact) mass is 388 g/mol. The maximum absolute atomic E-state index is 12.9. The summed E-state index contributed by atoms with van der Waals surface area (Å²) < 4.78 is 2.01. The normalized spacial score (nSPS) is 15.7. The van der Waals surface area contributed by atoms with E-state index < -0.39 is 0 Å². The molecule has 1 aliphatic heterocycles. The predicted octanol–water partition coefficient (Wildman–Crippen LogP) is 4.14. The van der Waals surface area contributed by atoms with Gasteiger partial charge in [0.1, 0.15) is 0 Å². The lowest BCUT2D eigenvalue weighted by molar-refractivity contribution is 0.0786. The Bertz CT molecular complexity index is 929. The van der Waals surface area contributed by atoms with E-state index in [1.54, 1.807) is 11.3 Å². The maximum atomic E-state index is 12.9. The van der Waals surface area contributed by atoms with E-state index >= 15 is 0 Å². The molecule has 136 valence electrons. The van der Waals surface area contributed by atoms with Crippen LogP contribution in [0.4, 0.5) is 0 Å². The quantitative estimate of drug-likeness (QED) is 0.714. The SMILES string of the molecule is CC(NCc1c(C(=O)N2CCCC2)nc2sccn12)c1ccccc1Cl. The fraction of sp³-hybridized carbons (Fsp3) is 0.368. The van der Waals surface area contributed by atoms with Gasteiger partial charge < -0.3 is 10.2 Å². The molecule has 7 heteroatoms. The van der Waals surface area contributed by atoms with E-state index in [0.717, 1.165) is 47.2 Å². The van der Waals surface area contributed by atoms with Gasteiger partial charge in [0, 0.05) is 42.3 Å². The van der Waals surface area contributed by atoms with Gasteiger partial charge in [0.25, 0.3) is 5.91 Å². The first-order valence-corrected chi connectivity index (χ1v) is 10.1. The molecule has 1 atom stereocenters.